The third-order valence-electron chi connectivity index (χ3n) is 3.91. The van der Waals surface area contributed by atoms with Gasteiger partial charge in [-0.05, 0) is 25.7 Å². The maximum Gasteiger partial charge on any atom is 0.339 e. The standard InChI is InChI=1S/C12H19N3O2/c1-3-12(5-4-6-12)13-8-10-9(11(16)17)7-14-15(10)2/h7,13H,3-6,8H2,1-2H3,(H,16,17). The molecule has 2 N–H and O–H groups in total. The third-order valence-corrected chi connectivity index (χ3v) is 3.91. The van der Waals surface area contributed by atoms with E-state index in [0.717, 1.165) is 12.1 Å². The van der Waals surface area contributed by atoms with E-state index in [9.17, 15) is 4.79 Å². The van der Waals surface area contributed by atoms with Crippen molar-refractivity contribution in [1.29, 1.82) is 0 Å². The van der Waals surface area contributed by atoms with Gasteiger partial charge in [-0.1, -0.05) is 6.92 Å². The van der Waals surface area contributed by atoms with E-state index in [1.165, 1.54) is 25.5 Å². The lowest BCUT2D eigenvalue weighted by Crippen LogP contribution is -2.50. The first-order chi connectivity index (χ1) is 8.08. The Morgan fingerprint density at radius 3 is 2.82 bits per heavy atom. The lowest BCUT2D eigenvalue weighted by atomic mass is 9.75. The van der Waals surface area contributed by atoms with Gasteiger partial charge < -0.3 is 10.4 Å². The van der Waals surface area contributed by atoms with Crippen LogP contribution < -0.4 is 5.32 Å². The van der Waals surface area contributed by atoms with Crippen LogP contribution in [-0.4, -0.2) is 26.4 Å². The summed E-state index contributed by atoms with van der Waals surface area (Å²) in [6.45, 7) is 2.75. The minimum absolute atomic E-state index is 0.222. The fourth-order valence-corrected chi connectivity index (χ4v) is 2.38. The van der Waals surface area contributed by atoms with Crippen LogP contribution in [0.2, 0.25) is 0 Å². The molecule has 0 amide bonds. The second-order valence-corrected chi connectivity index (χ2v) is 4.77. The van der Waals surface area contributed by atoms with Crippen LogP contribution in [0.5, 0.6) is 0 Å². The molecular formula is C12H19N3O2. The van der Waals surface area contributed by atoms with Crippen molar-refractivity contribution < 1.29 is 9.90 Å². The maximum atomic E-state index is 11.0. The summed E-state index contributed by atoms with van der Waals surface area (Å²) in [5.74, 6) is -0.908. The number of aromatic carboxylic acids is 1. The molecule has 94 valence electrons. The van der Waals surface area contributed by atoms with Crippen LogP contribution in [0.15, 0.2) is 6.20 Å². The van der Waals surface area contributed by atoms with Gasteiger partial charge in [-0.15, -0.1) is 0 Å². The van der Waals surface area contributed by atoms with Gasteiger partial charge in [0.25, 0.3) is 0 Å². The van der Waals surface area contributed by atoms with Gasteiger partial charge in [0, 0.05) is 19.1 Å². The molecule has 0 spiro atoms. The molecule has 1 aromatic rings. The van der Waals surface area contributed by atoms with Gasteiger partial charge >= 0.3 is 5.97 Å². The molecule has 1 aliphatic rings. The highest BCUT2D eigenvalue weighted by Gasteiger charge is 2.34. The van der Waals surface area contributed by atoms with Crippen molar-refractivity contribution in [1.82, 2.24) is 15.1 Å². The molecule has 0 aliphatic heterocycles. The first-order valence-electron chi connectivity index (χ1n) is 6.07. The normalized spacial score (nSPS) is 17.8. The Labute approximate surface area is 101 Å². The number of carboxylic acid groups (broad SMARTS) is 1. The number of carbonyl (C=O) groups is 1. The van der Waals surface area contributed by atoms with E-state index in [4.69, 9.17) is 5.11 Å². The zero-order valence-corrected chi connectivity index (χ0v) is 10.4. The highest BCUT2D eigenvalue weighted by atomic mass is 16.4. The van der Waals surface area contributed by atoms with Crippen molar-refractivity contribution in [2.75, 3.05) is 0 Å². The number of hydrogen-bond donors (Lipinski definition) is 2. The lowest BCUT2D eigenvalue weighted by molar-refractivity contribution is 0.0694. The average molecular weight is 237 g/mol. The van der Waals surface area contributed by atoms with E-state index in [0.29, 0.717) is 12.1 Å². The van der Waals surface area contributed by atoms with Gasteiger partial charge in [0.15, 0.2) is 0 Å². The number of nitrogens with zero attached hydrogens (tertiary/aromatic N) is 2. The minimum Gasteiger partial charge on any atom is -0.478 e. The molecule has 1 saturated carbocycles. The monoisotopic (exact) mass is 237 g/mol. The summed E-state index contributed by atoms with van der Waals surface area (Å²) in [6.07, 6.45) is 6.14. The van der Waals surface area contributed by atoms with Crippen molar-refractivity contribution in [3.8, 4) is 0 Å². The van der Waals surface area contributed by atoms with Crippen LogP contribution in [0.25, 0.3) is 0 Å². The number of aryl methyl sites for hydroxylation is 1. The number of carboxylic acids is 1. The predicted molar refractivity (Wildman–Crippen MR) is 63.9 cm³/mol. The summed E-state index contributed by atoms with van der Waals surface area (Å²) in [4.78, 5) is 11.0. The molecule has 5 heteroatoms. The van der Waals surface area contributed by atoms with E-state index < -0.39 is 5.97 Å². The molecular weight excluding hydrogens is 218 g/mol. The first kappa shape index (κ1) is 12.1. The molecule has 1 heterocycles. The zero-order valence-electron chi connectivity index (χ0n) is 10.4. The minimum atomic E-state index is -0.908. The highest BCUT2D eigenvalue weighted by molar-refractivity contribution is 5.88. The summed E-state index contributed by atoms with van der Waals surface area (Å²) >= 11 is 0. The topological polar surface area (TPSA) is 67.2 Å². The summed E-state index contributed by atoms with van der Waals surface area (Å²) in [5.41, 5.74) is 1.27. The molecule has 0 atom stereocenters. The Balaban J connectivity index is 2.08. The zero-order chi connectivity index (χ0) is 12.5. The quantitative estimate of drug-likeness (QED) is 0.815. The van der Waals surface area contributed by atoms with Gasteiger partial charge in [0.1, 0.15) is 5.56 Å². The number of nitrogens with one attached hydrogen (secondary N) is 1. The maximum absolute atomic E-state index is 11.0. The highest BCUT2D eigenvalue weighted by Crippen LogP contribution is 2.34. The summed E-state index contributed by atoms with van der Waals surface area (Å²) < 4.78 is 1.64. The van der Waals surface area contributed by atoms with Crippen molar-refractivity contribution in [2.45, 2.75) is 44.7 Å². The van der Waals surface area contributed by atoms with Gasteiger partial charge in [-0.25, -0.2) is 4.79 Å². The predicted octanol–water partition coefficient (Wildman–Crippen LogP) is 1.54. The van der Waals surface area contributed by atoms with Crippen molar-refractivity contribution >= 4 is 5.97 Å². The molecule has 2 rings (SSSR count). The molecule has 0 aromatic carbocycles. The molecule has 17 heavy (non-hydrogen) atoms. The van der Waals surface area contributed by atoms with Gasteiger partial charge in [-0.2, -0.15) is 5.10 Å². The number of aromatic nitrogens is 2. The van der Waals surface area contributed by atoms with E-state index >= 15 is 0 Å². The SMILES string of the molecule is CCC1(NCc2c(C(=O)O)cnn2C)CCC1. The van der Waals surface area contributed by atoms with Gasteiger partial charge in [-0.3, -0.25) is 4.68 Å². The molecule has 1 aromatic heterocycles. The third kappa shape index (κ3) is 2.20. The van der Waals surface area contributed by atoms with Gasteiger partial charge in [0.2, 0.25) is 0 Å². The molecule has 1 aliphatic carbocycles. The number of hydrogen-bond acceptors (Lipinski definition) is 3. The largest absolute Gasteiger partial charge is 0.478 e. The van der Waals surface area contributed by atoms with Crippen LogP contribution >= 0.6 is 0 Å². The summed E-state index contributed by atoms with van der Waals surface area (Å²) in [5, 5.41) is 16.6. The Morgan fingerprint density at radius 2 is 2.35 bits per heavy atom. The van der Waals surface area contributed by atoms with E-state index in [1.807, 2.05) is 0 Å². The van der Waals surface area contributed by atoms with Gasteiger partial charge in [0.05, 0.1) is 11.9 Å². The van der Waals surface area contributed by atoms with E-state index in [1.54, 1.807) is 11.7 Å². The molecule has 5 nitrogen and oxygen atoms in total. The molecule has 0 radical (unpaired) electrons. The second-order valence-electron chi connectivity index (χ2n) is 4.77. The molecule has 0 saturated heterocycles. The second kappa shape index (κ2) is 4.49. The van der Waals surface area contributed by atoms with Crippen LogP contribution in [0.1, 0.15) is 48.7 Å². The van der Waals surface area contributed by atoms with Crippen LogP contribution in [0.4, 0.5) is 0 Å². The molecule has 0 bridgehead atoms. The smallest absolute Gasteiger partial charge is 0.339 e. The van der Waals surface area contributed by atoms with Crippen molar-refractivity contribution in [3.63, 3.8) is 0 Å². The molecule has 0 unspecified atom stereocenters. The fourth-order valence-electron chi connectivity index (χ4n) is 2.38. The Morgan fingerprint density at radius 1 is 1.65 bits per heavy atom. The van der Waals surface area contributed by atoms with Crippen molar-refractivity contribution in [3.05, 3.63) is 17.5 Å². The first-order valence-corrected chi connectivity index (χ1v) is 6.07. The van der Waals surface area contributed by atoms with Crippen LogP contribution in [-0.2, 0) is 13.6 Å². The van der Waals surface area contributed by atoms with E-state index in [2.05, 4.69) is 17.3 Å². The summed E-state index contributed by atoms with van der Waals surface area (Å²) in [7, 11) is 1.78. The Hall–Kier alpha value is -1.36. The van der Waals surface area contributed by atoms with Crippen LogP contribution in [0.3, 0.4) is 0 Å². The lowest BCUT2D eigenvalue weighted by Gasteiger charge is -2.42. The Bertz CT molecular complexity index is 416. The van der Waals surface area contributed by atoms with Crippen LogP contribution in [0, 0.1) is 0 Å². The average Bonchev–Trinajstić information content (AvgIpc) is 2.59. The fraction of sp³-hybridized carbons (Fsp3) is 0.667. The van der Waals surface area contributed by atoms with Crippen molar-refractivity contribution in [2.24, 2.45) is 7.05 Å². The van der Waals surface area contributed by atoms with E-state index in [-0.39, 0.29) is 5.54 Å². The Kier molecular flexibility index (Phi) is 3.19. The molecule has 1 fully saturated rings. The number of rotatable bonds is 5. The summed E-state index contributed by atoms with van der Waals surface area (Å²) in [6, 6.07) is 0.